The maximum Gasteiger partial charge on any atom is 0.213 e. The van der Waals surface area contributed by atoms with E-state index in [1.54, 1.807) is 6.33 Å². The van der Waals surface area contributed by atoms with Crippen LogP contribution in [-0.4, -0.2) is 9.97 Å². The fraction of sp³-hybridized carbons (Fsp3) is 0.125. The first-order valence-electron chi connectivity index (χ1n) is 18.1. The Balaban J connectivity index is 1.25. The van der Waals surface area contributed by atoms with Crippen molar-refractivity contribution in [2.24, 2.45) is 7.05 Å². The molecular weight excluding hydrogens is 633 g/mol. The third-order valence-corrected chi connectivity index (χ3v) is 10.9. The van der Waals surface area contributed by atoms with Crippen molar-refractivity contribution in [1.29, 1.82) is 0 Å². The van der Waals surface area contributed by atoms with Gasteiger partial charge in [-0.1, -0.05) is 103 Å². The molecule has 4 nitrogen and oxygen atoms in total. The third kappa shape index (κ3) is 5.30. The topological polar surface area (TPSA) is 33.5 Å². The summed E-state index contributed by atoms with van der Waals surface area (Å²) in [6.45, 7) is 6.71. The first kappa shape index (κ1) is 31.7. The Morgan fingerprint density at radius 2 is 1.31 bits per heavy atom. The van der Waals surface area contributed by atoms with Crippen LogP contribution in [0.15, 0.2) is 158 Å². The van der Waals surface area contributed by atoms with Gasteiger partial charge in [0.05, 0.1) is 11.1 Å². The van der Waals surface area contributed by atoms with E-state index in [0.29, 0.717) is 0 Å². The van der Waals surface area contributed by atoms with Crippen LogP contribution in [0, 0.1) is 13.8 Å². The van der Waals surface area contributed by atoms with E-state index in [2.05, 4.69) is 188 Å². The van der Waals surface area contributed by atoms with Crippen LogP contribution in [0.2, 0.25) is 0 Å². The highest BCUT2D eigenvalue weighted by atomic mass is 15.0. The molecule has 9 rings (SSSR count). The van der Waals surface area contributed by atoms with E-state index in [4.69, 9.17) is 4.98 Å². The van der Waals surface area contributed by atoms with Gasteiger partial charge in [-0.3, -0.25) is 0 Å². The van der Waals surface area contributed by atoms with Gasteiger partial charge in [0, 0.05) is 58.5 Å². The molecule has 8 aromatic rings. The summed E-state index contributed by atoms with van der Waals surface area (Å²) in [4.78, 5) is 9.49. The Bertz CT molecular complexity index is 2640. The fourth-order valence-corrected chi connectivity index (χ4v) is 8.33. The first-order chi connectivity index (χ1) is 25.5. The number of hydrogen-bond donors (Lipinski definition) is 0. The number of rotatable bonds is 5. The Morgan fingerprint density at radius 1 is 0.538 bits per heavy atom. The summed E-state index contributed by atoms with van der Waals surface area (Å²) in [6.07, 6.45) is 8.06. The van der Waals surface area contributed by atoms with E-state index in [0.717, 1.165) is 27.6 Å². The van der Waals surface area contributed by atoms with Gasteiger partial charge in [0.1, 0.15) is 13.4 Å². The van der Waals surface area contributed by atoms with Gasteiger partial charge in [-0.05, 0) is 71.0 Å². The summed E-state index contributed by atoms with van der Waals surface area (Å²) in [6, 6.07) is 48.9. The number of aryl methyl sites for hydroxylation is 3. The van der Waals surface area contributed by atoms with E-state index in [1.165, 1.54) is 61.5 Å². The van der Waals surface area contributed by atoms with Gasteiger partial charge in [-0.15, -0.1) is 0 Å². The molecule has 0 fully saturated rings. The van der Waals surface area contributed by atoms with Crippen LogP contribution in [0.4, 0.5) is 0 Å². The van der Waals surface area contributed by atoms with Crippen molar-refractivity contribution >= 4 is 10.9 Å². The maximum atomic E-state index is 4.95. The van der Waals surface area contributed by atoms with Gasteiger partial charge in [-0.2, -0.15) is 4.57 Å². The van der Waals surface area contributed by atoms with Crippen LogP contribution < -0.4 is 9.13 Å². The Hall–Kier alpha value is -6.26. The molecule has 0 bridgehead atoms. The summed E-state index contributed by atoms with van der Waals surface area (Å²) < 4.78 is 4.72. The van der Waals surface area contributed by atoms with Crippen LogP contribution in [0.5, 0.6) is 0 Å². The smallest absolute Gasteiger partial charge is 0.213 e. The number of hydrogen-bond acceptors (Lipinski definition) is 2. The summed E-state index contributed by atoms with van der Waals surface area (Å²) in [7, 11) is 2.14. The zero-order valence-corrected chi connectivity index (χ0v) is 30.0. The molecule has 3 aromatic heterocycles. The summed E-state index contributed by atoms with van der Waals surface area (Å²) in [5, 5.41) is 1.04. The first-order valence-corrected chi connectivity index (χ1v) is 18.1. The predicted molar refractivity (Wildman–Crippen MR) is 211 cm³/mol. The van der Waals surface area contributed by atoms with Crippen molar-refractivity contribution < 1.29 is 9.13 Å². The monoisotopic (exact) mass is 672 g/mol. The molecule has 0 spiro atoms. The van der Waals surface area contributed by atoms with E-state index >= 15 is 0 Å². The van der Waals surface area contributed by atoms with Crippen molar-refractivity contribution in [1.82, 2.24) is 9.97 Å². The minimum Gasteiger partial charge on any atom is -0.244 e. The van der Waals surface area contributed by atoms with Gasteiger partial charge in [0.2, 0.25) is 11.4 Å². The second kappa shape index (κ2) is 12.8. The molecule has 5 aromatic carbocycles. The second-order valence-corrected chi connectivity index (χ2v) is 14.2. The molecule has 0 saturated heterocycles. The number of fused-ring (bicyclic) bond motifs is 4. The average molecular weight is 673 g/mol. The zero-order chi connectivity index (χ0) is 35.3. The fourth-order valence-electron chi connectivity index (χ4n) is 8.33. The normalized spacial score (nSPS) is 14.9. The molecule has 0 N–H and O–H groups in total. The zero-order valence-electron chi connectivity index (χ0n) is 30.0. The van der Waals surface area contributed by atoms with Gasteiger partial charge in [0.15, 0.2) is 18.4 Å². The number of aromatic nitrogens is 4. The van der Waals surface area contributed by atoms with Gasteiger partial charge < -0.3 is 0 Å². The highest BCUT2D eigenvalue weighted by molar-refractivity contribution is 6.05. The van der Waals surface area contributed by atoms with Crippen LogP contribution >= 0.6 is 0 Å². The summed E-state index contributed by atoms with van der Waals surface area (Å²) in [5.41, 5.74) is 18.0. The molecule has 4 heteroatoms. The second-order valence-electron chi connectivity index (χ2n) is 14.2. The van der Waals surface area contributed by atoms with Crippen molar-refractivity contribution in [2.75, 3.05) is 0 Å². The van der Waals surface area contributed by atoms with Gasteiger partial charge >= 0.3 is 0 Å². The molecule has 4 heterocycles. The molecule has 2 unspecified atom stereocenters. The molecule has 250 valence electrons. The molecule has 0 aliphatic carbocycles. The molecule has 52 heavy (non-hydrogen) atoms. The molecule has 1 aliphatic heterocycles. The van der Waals surface area contributed by atoms with Crippen LogP contribution in [-0.2, 0) is 7.05 Å². The van der Waals surface area contributed by atoms with Crippen molar-refractivity contribution in [3.63, 3.8) is 0 Å². The molecule has 1 aliphatic rings. The third-order valence-electron chi connectivity index (χ3n) is 10.9. The summed E-state index contributed by atoms with van der Waals surface area (Å²) >= 11 is 0. The summed E-state index contributed by atoms with van der Waals surface area (Å²) in [5.74, 6) is 0.260. The Morgan fingerprint density at radius 3 is 2.17 bits per heavy atom. The minimum absolute atomic E-state index is 0.106. The standard InChI is InChI=1S/C48H40N4/c1-31-17-19-38(42(26-31)34-12-6-5-7-13-34)39-22-21-37(47-44(39)29-49-30-50-47)35-18-20-41(43(28-35)45-16-10-11-24-51(45)4)48-33(3)36-14-8-9-15-40(36)46-27-32(2)23-25-52(46)48/h5-30,33,48H,1-4H3/q+2. The molecule has 0 saturated carbocycles. The van der Waals surface area contributed by atoms with Crippen molar-refractivity contribution in [2.45, 2.75) is 32.7 Å². The van der Waals surface area contributed by atoms with Gasteiger partial charge in [-0.25, -0.2) is 14.5 Å². The molecular formula is C48H40N4+2. The Labute approximate surface area is 305 Å². The number of nitrogens with zero attached hydrogens (tertiary/aromatic N) is 4. The van der Waals surface area contributed by atoms with E-state index in [-0.39, 0.29) is 12.0 Å². The van der Waals surface area contributed by atoms with Crippen molar-refractivity contribution in [3.05, 3.63) is 181 Å². The average Bonchev–Trinajstić information content (AvgIpc) is 3.18. The quantitative estimate of drug-likeness (QED) is 0.171. The largest absolute Gasteiger partial charge is 0.244 e. The molecule has 0 radical (unpaired) electrons. The lowest BCUT2D eigenvalue weighted by molar-refractivity contribution is -0.708. The minimum atomic E-state index is 0.106. The van der Waals surface area contributed by atoms with Crippen LogP contribution in [0.1, 0.15) is 41.1 Å². The van der Waals surface area contributed by atoms with E-state index < -0.39 is 0 Å². The number of pyridine rings is 2. The lowest BCUT2D eigenvalue weighted by Crippen LogP contribution is -2.47. The highest BCUT2D eigenvalue weighted by Crippen LogP contribution is 2.45. The number of benzene rings is 5. The van der Waals surface area contributed by atoms with Crippen molar-refractivity contribution in [3.8, 4) is 55.9 Å². The lowest BCUT2D eigenvalue weighted by atomic mass is 9.79. The Kier molecular flexibility index (Phi) is 7.81. The van der Waals surface area contributed by atoms with Crippen LogP contribution in [0.25, 0.3) is 66.8 Å². The maximum absolute atomic E-state index is 4.95. The van der Waals surface area contributed by atoms with E-state index in [1.807, 2.05) is 6.20 Å². The highest BCUT2D eigenvalue weighted by Gasteiger charge is 2.40. The predicted octanol–water partition coefficient (Wildman–Crippen LogP) is 10.4. The molecule has 0 amide bonds. The SMILES string of the molecule is Cc1ccc(-c2ccc(-c3ccc(C4C(C)c5ccccc5-c5cc(C)cc[n+]54)c(-c4cccc[n+]4C)c3)c3ncncc23)c(-c2ccccc2)c1. The van der Waals surface area contributed by atoms with Gasteiger partial charge in [0.25, 0.3) is 0 Å². The molecule has 2 atom stereocenters. The van der Waals surface area contributed by atoms with Crippen LogP contribution in [0.3, 0.4) is 0 Å². The lowest BCUT2D eigenvalue weighted by Gasteiger charge is -2.29. The van der Waals surface area contributed by atoms with E-state index in [9.17, 15) is 0 Å².